The molecule has 1 aliphatic rings. The van der Waals surface area contributed by atoms with Gasteiger partial charge in [-0.05, 0) is 38.1 Å². The second kappa shape index (κ2) is 8.01. The molecule has 2 amide bonds. The summed E-state index contributed by atoms with van der Waals surface area (Å²) in [7, 11) is 0. The lowest BCUT2D eigenvalue weighted by molar-refractivity contribution is -0.127. The number of nitrogens with one attached hydrogen (secondary N) is 2. The third-order valence-corrected chi connectivity index (χ3v) is 5.58. The summed E-state index contributed by atoms with van der Waals surface area (Å²) in [4.78, 5) is 24.9. The molecule has 2 heterocycles. The Hall–Kier alpha value is -1.87. The van der Waals surface area contributed by atoms with Crippen LogP contribution in [0.25, 0.3) is 10.7 Å². The van der Waals surface area contributed by atoms with Crippen LogP contribution in [-0.4, -0.2) is 44.9 Å². The molecule has 0 saturated heterocycles. The van der Waals surface area contributed by atoms with Crippen molar-refractivity contribution in [3.63, 3.8) is 0 Å². The number of carbonyl (C=O) groups excluding carboxylic acids is 2. The lowest BCUT2D eigenvalue weighted by atomic mass is 10.3. The molecule has 0 aromatic carbocycles. The Morgan fingerprint density at radius 3 is 2.88 bits per heavy atom. The average molecular weight is 380 g/mol. The Morgan fingerprint density at radius 2 is 2.24 bits per heavy atom. The molecule has 0 bridgehead atoms. The van der Waals surface area contributed by atoms with E-state index in [0.717, 1.165) is 28.7 Å². The molecule has 0 aliphatic heterocycles. The van der Waals surface area contributed by atoms with E-state index in [2.05, 4.69) is 25.4 Å². The van der Waals surface area contributed by atoms with Gasteiger partial charge in [-0.3, -0.25) is 14.2 Å². The van der Waals surface area contributed by atoms with E-state index in [1.54, 1.807) is 18.3 Å². The summed E-state index contributed by atoms with van der Waals surface area (Å²) in [5.41, 5.74) is 0. The number of thioether (sulfide) groups is 1. The van der Waals surface area contributed by atoms with Gasteiger partial charge in [-0.1, -0.05) is 17.8 Å². The maximum atomic E-state index is 12.1. The zero-order valence-corrected chi connectivity index (χ0v) is 15.8. The van der Waals surface area contributed by atoms with Gasteiger partial charge in [0.1, 0.15) is 6.04 Å². The van der Waals surface area contributed by atoms with Crippen molar-refractivity contribution in [3.05, 3.63) is 17.5 Å². The normalized spacial score (nSPS) is 15.0. The highest BCUT2D eigenvalue weighted by Gasteiger charge is 2.30. The molecule has 9 heteroatoms. The van der Waals surface area contributed by atoms with Gasteiger partial charge < -0.3 is 10.6 Å². The van der Waals surface area contributed by atoms with Crippen molar-refractivity contribution in [1.82, 2.24) is 25.4 Å². The van der Waals surface area contributed by atoms with Crippen molar-refractivity contribution in [2.75, 3.05) is 12.3 Å². The molecule has 7 nitrogen and oxygen atoms in total. The first kappa shape index (κ1) is 17.9. The van der Waals surface area contributed by atoms with Crippen molar-refractivity contribution in [1.29, 1.82) is 0 Å². The Bertz CT molecular complexity index is 740. The van der Waals surface area contributed by atoms with Crippen molar-refractivity contribution >= 4 is 34.9 Å². The van der Waals surface area contributed by atoms with Crippen LogP contribution >= 0.6 is 23.1 Å². The summed E-state index contributed by atoms with van der Waals surface area (Å²) >= 11 is 2.99. The minimum atomic E-state index is -0.545. The molecule has 3 rings (SSSR count). The zero-order valence-electron chi connectivity index (χ0n) is 14.2. The Morgan fingerprint density at radius 1 is 1.44 bits per heavy atom. The zero-order chi connectivity index (χ0) is 17.8. The van der Waals surface area contributed by atoms with E-state index >= 15 is 0 Å². The second-order valence-corrected chi connectivity index (χ2v) is 7.75. The lowest BCUT2D eigenvalue weighted by Crippen LogP contribution is -2.45. The van der Waals surface area contributed by atoms with E-state index in [-0.39, 0.29) is 17.6 Å². The first-order valence-electron chi connectivity index (χ1n) is 8.28. The number of thiophene rings is 1. The second-order valence-electron chi connectivity index (χ2n) is 5.86. The molecule has 2 N–H and O–H groups in total. The fourth-order valence-electron chi connectivity index (χ4n) is 2.42. The van der Waals surface area contributed by atoms with Gasteiger partial charge in [-0.15, -0.1) is 21.5 Å². The van der Waals surface area contributed by atoms with Gasteiger partial charge in [0.05, 0.1) is 10.6 Å². The maximum absolute atomic E-state index is 12.1. The summed E-state index contributed by atoms with van der Waals surface area (Å²) in [5.74, 6) is 0.712. The average Bonchev–Trinajstić information content (AvgIpc) is 3.11. The van der Waals surface area contributed by atoms with E-state index in [4.69, 9.17) is 0 Å². The molecule has 1 aliphatic carbocycles. The minimum absolute atomic E-state index is 0.179. The summed E-state index contributed by atoms with van der Waals surface area (Å²) in [6.07, 6.45) is 2.23. The topological polar surface area (TPSA) is 88.9 Å². The van der Waals surface area contributed by atoms with Gasteiger partial charge in [0.2, 0.25) is 11.8 Å². The lowest BCUT2D eigenvalue weighted by Gasteiger charge is -2.13. The highest BCUT2D eigenvalue weighted by Crippen LogP contribution is 2.41. The fraction of sp³-hybridized carbons (Fsp3) is 0.500. The van der Waals surface area contributed by atoms with Crippen LogP contribution in [-0.2, 0) is 9.59 Å². The van der Waals surface area contributed by atoms with Crippen LogP contribution in [0.2, 0.25) is 0 Å². The van der Waals surface area contributed by atoms with Crippen LogP contribution in [0.4, 0.5) is 0 Å². The van der Waals surface area contributed by atoms with Crippen LogP contribution in [0.5, 0.6) is 0 Å². The van der Waals surface area contributed by atoms with Gasteiger partial charge >= 0.3 is 0 Å². The molecular formula is C16H21N5O2S2. The fourth-order valence-corrected chi connectivity index (χ4v) is 3.94. The van der Waals surface area contributed by atoms with Crippen molar-refractivity contribution in [3.8, 4) is 10.7 Å². The quantitative estimate of drug-likeness (QED) is 0.686. The van der Waals surface area contributed by atoms with E-state index in [9.17, 15) is 9.59 Å². The molecule has 0 radical (unpaired) electrons. The van der Waals surface area contributed by atoms with Crippen LogP contribution < -0.4 is 10.6 Å². The van der Waals surface area contributed by atoms with E-state index < -0.39 is 6.04 Å². The molecular weight excluding hydrogens is 358 g/mol. The van der Waals surface area contributed by atoms with Gasteiger partial charge in [0.25, 0.3) is 0 Å². The number of hydrogen-bond acceptors (Lipinski definition) is 6. The van der Waals surface area contributed by atoms with E-state index in [0.29, 0.717) is 12.6 Å². The highest BCUT2D eigenvalue weighted by atomic mass is 32.2. The Kier molecular flexibility index (Phi) is 5.74. The number of amides is 2. The highest BCUT2D eigenvalue weighted by molar-refractivity contribution is 7.99. The molecule has 1 fully saturated rings. The third-order valence-electron chi connectivity index (χ3n) is 3.77. The summed E-state index contributed by atoms with van der Waals surface area (Å²) in [6.45, 7) is 4.07. The van der Waals surface area contributed by atoms with E-state index in [1.807, 2.05) is 24.4 Å². The standard InChI is InChI=1S/C16H21N5O2S2/c1-3-17-15(23)10(2)18-13(22)9-25-16-20-19-14(12-5-4-8-24-12)21(16)11-6-7-11/h4-5,8,10-11H,3,6-7,9H2,1-2H3,(H,17,23)(H,18,22)/t10-/m0/s1. The molecule has 2 aromatic rings. The van der Waals surface area contributed by atoms with E-state index in [1.165, 1.54) is 11.8 Å². The number of hydrogen-bond donors (Lipinski definition) is 2. The summed E-state index contributed by atoms with van der Waals surface area (Å²) in [5, 5.41) is 16.8. The summed E-state index contributed by atoms with van der Waals surface area (Å²) in [6, 6.07) is 3.90. The molecule has 2 aromatic heterocycles. The van der Waals surface area contributed by atoms with Crippen molar-refractivity contribution < 1.29 is 9.59 Å². The first-order chi connectivity index (χ1) is 12.1. The van der Waals surface area contributed by atoms with Crippen LogP contribution in [0, 0.1) is 0 Å². The Balaban J connectivity index is 1.62. The molecule has 0 unspecified atom stereocenters. The number of likely N-dealkylation sites (N-methyl/N-ethyl adjacent to an activating group) is 1. The maximum Gasteiger partial charge on any atom is 0.242 e. The number of aromatic nitrogens is 3. The monoisotopic (exact) mass is 379 g/mol. The largest absolute Gasteiger partial charge is 0.355 e. The number of nitrogens with zero attached hydrogens (tertiary/aromatic N) is 3. The molecule has 25 heavy (non-hydrogen) atoms. The predicted molar refractivity (Wildman–Crippen MR) is 98.6 cm³/mol. The first-order valence-corrected chi connectivity index (χ1v) is 10.1. The number of rotatable bonds is 8. The smallest absolute Gasteiger partial charge is 0.242 e. The molecule has 134 valence electrons. The van der Waals surface area contributed by atoms with Gasteiger partial charge in [0.15, 0.2) is 11.0 Å². The molecule has 0 spiro atoms. The van der Waals surface area contributed by atoms with Crippen LogP contribution in [0.15, 0.2) is 22.7 Å². The predicted octanol–water partition coefficient (Wildman–Crippen LogP) is 2.07. The van der Waals surface area contributed by atoms with Gasteiger partial charge in [0, 0.05) is 12.6 Å². The van der Waals surface area contributed by atoms with Gasteiger partial charge in [-0.25, -0.2) is 0 Å². The number of carbonyl (C=O) groups is 2. The van der Waals surface area contributed by atoms with Crippen LogP contribution in [0.1, 0.15) is 32.7 Å². The molecule has 1 atom stereocenters. The van der Waals surface area contributed by atoms with Crippen molar-refractivity contribution in [2.24, 2.45) is 0 Å². The Labute approximate surface area is 154 Å². The summed E-state index contributed by atoms with van der Waals surface area (Å²) < 4.78 is 2.14. The molecule has 1 saturated carbocycles. The van der Waals surface area contributed by atoms with Crippen LogP contribution in [0.3, 0.4) is 0 Å². The minimum Gasteiger partial charge on any atom is -0.355 e. The third kappa shape index (κ3) is 4.40. The van der Waals surface area contributed by atoms with Crippen molar-refractivity contribution in [2.45, 2.75) is 43.9 Å². The van der Waals surface area contributed by atoms with Gasteiger partial charge in [-0.2, -0.15) is 0 Å². The SMILES string of the molecule is CCNC(=O)[C@H](C)NC(=O)CSc1nnc(-c2cccs2)n1C1CC1.